The van der Waals surface area contributed by atoms with Crippen molar-refractivity contribution in [3.05, 3.63) is 59.2 Å². The minimum Gasteiger partial charge on any atom is -0.493 e. The fourth-order valence-corrected chi connectivity index (χ4v) is 3.89. The Morgan fingerprint density at radius 2 is 1.73 bits per heavy atom. The zero-order valence-electron chi connectivity index (χ0n) is 14.7. The number of fused-ring (bicyclic) bond motifs is 2. The predicted molar refractivity (Wildman–Crippen MR) is 95.2 cm³/mol. The lowest BCUT2D eigenvalue weighted by molar-refractivity contribution is -0.148. The van der Waals surface area contributed by atoms with Gasteiger partial charge in [-0.2, -0.15) is 0 Å². The predicted octanol–water partition coefficient (Wildman–Crippen LogP) is 1.68. The van der Waals surface area contributed by atoms with Crippen LogP contribution in [0.5, 0.6) is 11.5 Å². The smallest absolute Gasteiger partial charge is 0.243 e. The van der Waals surface area contributed by atoms with Gasteiger partial charge in [0.1, 0.15) is 6.04 Å². The van der Waals surface area contributed by atoms with Crippen molar-refractivity contribution < 1.29 is 19.1 Å². The third-order valence-electron chi connectivity index (χ3n) is 5.09. The quantitative estimate of drug-likeness (QED) is 0.913. The van der Waals surface area contributed by atoms with Crippen LogP contribution in [-0.4, -0.2) is 43.5 Å². The Balaban J connectivity index is 1.94. The summed E-state index contributed by atoms with van der Waals surface area (Å²) in [5, 5.41) is 2.70. The number of methoxy groups -OCH3 is 2. The van der Waals surface area contributed by atoms with Crippen LogP contribution in [0.2, 0.25) is 0 Å². The number of carbonyl (C=O) groups is 2. The van der Waals surface area contributed by atoms with Crippen LogP contribution in [0.25, 0.3) is 0 Å². The summed E-state index contributed by atoms with van der Waals surface area (Å²) in [4.78, 5) is 26.9. The molecule has 2 heterocycles. The molecule has 2 aromatic rings. The van der Waals surface area contributed by atoms with Crippen LogP contribution in [0.1, 0.15) is 22.7 Å². The Kier molecular flexibility index (Phi) is 4.03. The fourth-order valence-electron chi connectivity index (χ4n) is 3.89. The molecule has 1 N–H and O–H groups in total. The van der Waals surface area contributed by atoms with Gasteiger partial charge in [-0.05, 0) is 28.8 Å². The molecule has 2 aromatic carbocycles. The van der Waals surface area contributed by atoms with Crippen LogP contribution in [0.4, 0.5) is 0 Å². The summed E-state index contributed by atoms with van der Waals surface area (Å²) in [5.74, 6) is 1.03. The van der Waals surface area contributed by atoms with E-state index in [2.05, 4.69) is 5.32 Å². The summed E-state index contributed by atoms with van der Waals surface area (Å²) < 4.78 is 10.9. The van der Waals surface area contributed by atoms with E-state index < -0.39 is 6.04 Å². The number of nitrogens with one attached hydrogen (secondary N) is 1. The monoisotopic (exact) mass is 352 g/mol. The van der Waals surface area contributed by atoms with Crippen LogP contribution in [0.3, 0.4) is 0 Å². The maximum absolute atomic E-state index is 12.7. The summed E-state index contributed by atoms with van der Waals surface area (Å²) >= 11 is 0. The van der Waals surface area contributed by atoms with Crippen LogP contribution < -0.4 is 14.8 Å². The minimum absolute atomic E-state index is 0.0291. The third kappa shape index (κ3) is 2.49. The van der Waals surface area contributed by atoms with E-state index in [0.717, 1.165) is 16.7 Å². The highest BCUT2D eigenvalue weighted by Gasteiger charge is 2.44. The van der Waals surface area contributed by atoms with Crippen molar-refractivity contribution >= 4 is 11.8 Å². The second kappa shape index (κ2) is 6.37. The molecule has 4 rings (SSSR count). The molecule has 6 heteroatoms. The molecule has 26 heavy (non-hydrogen) atoms. The van der Waals surface area contributed by atoms with E-state index in [1.54, 1.807) is 19.1 Å². The molecular formula is C20H20N2O4. The van der Waals surface area contributed by atoms with Crippen molar-refractivity contribution in [1.29, 1.82) is 0 Å². The van der Waals surface area contributed by atoms with Crippen molar-refractivity contribution in [2.24, 2.45) is 0 Å². The van der Waals surface area contributed by atoms with Gasteiger partial charge >= 0.3 is 0 Å². The fraction of sp³-hybridized carbons (Fsp3) is 0.300. The van der Waals surface area contributed by atoms with E-state index in [0.29, 0.717) is 17.9 Å². The number of hydrogen-bond acceptors (Lipinski definition) is 4. The molecule has 0 aliphatic carbocycles. The van der Waals surface area contributed by atoms with Crippen molar-refractivity contribution in [2.75, 3.05) is 20.8 Å². The van der Waals surface area contributed by atoms with E-state index in [-0.39, 0.29) is 24.4 Å². The minimum atomic E-state index is -0.521. The molecule has 0 spiro atoms. The van der Waals surface area contributed by atoms with Crippen molar-refractivity contribution in [3.8, 4) is 11.5 Å². The van der Waals surface area contributed by atoms with E-state index in [1.807, 2.05) is 42.5 Å². The highest BCUT2D eigenvalue weighted by molar-refractivity contribution is 5.96. The molecule has 0 bridgehead atoms. The molecule has 134 valence electrons. The van der Waals surface area contributed by atoms with Gasteiger partial charge in [-0.3, -0.25) is 9.59 Å². The van der Waals surface area contributed by atoms with Gasteiger partial charge in [-0.1, -0.05) is 30.3 Å². The summed E-state index contributed by atoms with van der Waals surface area (Å²) in [7, 11) is 3.18. The number of amides is 2. The Labute approximate surface area is 151 Å². The molecular weight excluding hydrogens is 332 g/mol. The number of carbonyl (C=O) groups excluding carboxylic acids is 2. The number of hydrogen-bond donors (Lipinski definition) is 1. The van der Waals surface area contributed by atoms with Crippen molar-refractivity contribution in [3.63, 3.8) is 0 Å². The van der Waals surface area contributed by atoms with E-state index in [1.165, 1.54) is 0 Å². The van der Waals surface area contributed by atoms with Gasteiger partial charge in [-0.15, -0.1) is 0 Å². The second-order valence-corrected chi connectivity index (χ2v) is 6.46. The molecule has 0 aromatic heterocycles. The van der Waals surface area contributed by atoms with Crippen molar-refractivity contribution in [2.45, 2.75) is 18.5 Å². The third-order valence-corrected chi connectivity index (χ3v) is 5.09. The molecule has 1 fully saturated rings. The lowest BCUT2D eigenvalue weighted by Gasteiger charge is -2.45. The largest absolute Gasteiger partial charge is 0.493 e. The summed E-state index contributed by atoms with van der Waals surface area (Å²) in [6.07, 6.45) is 0.455. The topological polar surface area (TPSA) is 67.9 Å². The molecule has 0 radical (unpaired) electrons. The van der Waals surface area contributed by atoms with Crippen molar-refractivity contribution in [1.82, 2.24) is 10.2 Å². The average molecular weight is 352 g/mol. The first-order chi connectivity index (χ1) is 12.6. The number of benzene rings is 2. The van der Waals surface area contributed by atoms with Gasteiger partial charge in [-0.25, -0.2) is 0 Å². The maximum Gasteiger partial charge on any atom is 0.243 e. The Morgan fingerprint density at radius 1 is 1.04 bits per heavy atom. The zero-order chi connectivity index (χ0) is 18.3. The molecule has 2 unspecified atom stereocenters. The van der Waals surface area contributed by atoms with E-state index in [9.17, 15) is 9.59 Å². The van der Waals surface area contributed by atoms with Gasteiger partial charge in [0.05, 0.1) is 26.8 Å². The normalized spacial score (nSPS) is 21.5. The standard InChI is InChI=1S/C20H20N2O4/c1-25-16-9-13-8-15-20(24)21-11-18(23)22(15)19(12-6-4-3-5-7-12)14(13)10-17(16)26-2/h3-7,9-10,15,19H,8,11H2,1-2H3,(H,21,24). The summed E-state index contributed by atoms with van der Waals surface area (Å²) in [6, 6.07) is 12.7. The van der Waals surface area contributed by atoms with Crippen LogP contribution in [-0.2, 0) is 16.0 Å². The molecule has 0 saturated carbocycles. The first-order valence-corrected chi connectivity index (χ1v) is 8.52. The number of nitrogens with zero attached hydrogens (tertiary/aromatic N) is 1. The number of piperazine rings is 1. The molecule has 2 aliphatic heterocycles. The van der Waals surface area contributed by atoms with Gasteiger partial charge in [0.2, 0.25) is 11.8 Å². The van der Waals surface area contributed by atoms with Gasteiger partial charge in [0, 0.05) is 6.42 Å². The van der Waals surface area contributed by atoms with E-state index in [4.69, 9.17) is 9.47 Å². The average Bonchev–Trinajstić information content (AvgIpc) is 2.69. The Morgan fingerprint density at radius 3 is 2.42 bits per heavy atom. The first kappa shape index (κ1) is 16.4. The highest BCUT2D eigenvalue weighted by atomic mass is 16.5. The SMILES string of the molecule is COc1cc2c(cc1OC)C(c1ccccc1)N1C(=O)CNC(=O)C1C2. The molecule has 2 atom stereocenters. The Hall–Kier alpha value is -3.02. The zero-order valence-corrected chi connectivity index (χ0v) is 14.7. The maximum atomic E-state index is 12.7. The lowest BCUT2D eigenvalue weighted by atomic mass is 9.83. The molecule has 6 nitrogen and oxygen atoms in total. The lowest BCUT2D eigenvalue weighted by Crippen LogP contribution is -2.61. The highest BCUT2D eigenvalue weighted by Crippen LogP contribution is 2.43. The molecule has 2 amide bonds. The van der Waals surface area contributed by atoms with Crippen LogP contribution in [0, 0.1) is 0 Å². The van der Waals surface area contributed by atoms with Gasteiger partial charge < -0.3 is 19.7 Å². The summed E-state index contributed by atoms with van der Waals surface area (Å²) in [6.45, 7) is 0.0291. The second-order valence-electron chi connectivity index (χ2n) is 6.46. The Bertz CT molecular complexity index is 866. The molecule has 1 saturated heterocycles. The van der Waals surface area contributed by atoms with Crippen LogP contribution in [0.15, 0.2) is 42.5 Å². The van der Waals surface area contributed by atoms with Crippen LogP contribution >= 0.6 is 0 Å². The number of ether oxygens (including phenoxy) is 2. The molecule has 2 aliphatic rings. The van der Waals surface area contributed by atoms with Gasteiger partial charge in [0.25, 0.3) is 0 Å². The van der Waals surface area contributed by atoms with E-state index >= 15 is 0 Å². The van der Waals surface area contributed by atoms with Gasteiger partial charge in [0.15, 0.2) is 11.5 Å². The first-order valence-electron chi connectivity index (χ1n) is 8.52. The summed E-state index contributed by atoms with van der Waals surface area (Å²) in [5.41, 5.74) is 2.92. The number of rotatable bonds is 3.